The monoisotopic (exact) mass is 657 g/mol. The molecule has 4 rings (SSSR count). The van der Waals surface area contributed by atoms with E-state index in [-0.39, 0.29) is 5.78 Å². The molecule has 48 heavy (non-hydrogen) atoms. The number of ether oxygens (including phenoxy) is 1. The van der Waals surface area contributed by atoms with Gasteiger partial charge in [0.2, 0.25) is 0 Å². The number of nitrogens with two attached hydrogens (primary N) is 1. The lowest BCUT2D eigenvalue weighted by molar-refractivity contribution is -0.156. The summed E-state index contributed by atoms with van der Waals surface area (Å²) in [6, 6.07) is 16.5. The zero-order valence-corrected chi connectivity index (χ0v) is 29.2. The zero-order valence-electron chi connectivity index (χ0n) is 29.2. The minimum absolute atomic E-state index is 0.264. The molecule has 7 heteroatoms. The molecule has 0 amide bonds. The number of Topliss-reactive ketones (excluding diaryl/α,β-unsaturated/α-hetero) is 1. The van der Waals surface area contributed by atoms with Crippen LogP contribution in [-0.2, 0) is 32.0 Å². The molecule has 0 bridgehead atoms. The highest BCUT2D eigenvalue weighted by atomic mass is 16.6. The number of carbonyl (C=O) groups is 3. The van der Waals surface area contributed by atoms with Gasteiger partial charge in [0.1, 0.15) is 17.0 Å². The fourth-order valence-corrected chi connectivity index (χ4v) is 5.72. The number of unbranched alkanes of at least 4 members (excludes halogenated alkanes) is 1. The van der Waals surface area contributed by atoms with Crippen LogP contribution in [0.2, 0.25) is 0 Å². The third-order valence-corrected chi connectivity index (χ3v) is 8.30. The van der Waals surface area contributed by atoms with Crippen LogP contribution in [0.25, 0.3) is 0 Å². The van der Waals surface area contributed by atoms with Gasteiger partial charge < -0.3 is 25.5 Å². The quantitative estimate of drug-likeness (QED) is 0.124. The number of carbonyl (C=O) groups excluding carboxylic acids is 3. The first-order valence-electron chi connectivity index (χ1n) is 17.5. The van der Waals surface area contributed by atoms with Gasteiger partial charge in [-0.1, -0.05) is 60.8 Å². The van der Waals surface area contributed by atoms with Gasteiger partial charge in [0.25, 0.3) is 0 Å². The molecule has 0 radical (unpaired) electrons. The van der Waals surface area contributed by atoms with Crippen molar-refractivity contribution in [1.82, 2.24) is 0 Å². The number of aryl methyl sites for hydroxylation is 2. The second-order valence-electron chi connectivity index (χ2n) is 13.0. The number of aliphatic hydroxyl groups is 2. The normalized spacial score (nSPS) is 15.7. The number of esters is 2. The van der Waals surface area contributed by atoms with Crippen molar-refractivity contribution in [1.29, 1.82) is 0 Å². The van der Waals surface area contributed by atoms with E-state index in [1.807, 2.05) is 24.3 Å². The highest BCUT2D eigenvalue weighted by Crippen LogP contribution is 2.28. The van der Waals surface area contributed by atoms with E-state index in [4.69, 9.17) is 5.73 Å². The van der Waals surface area contributed by atoms with Crippen molar-refractivity contribution in [3.63, 3.8) is 0 Å². The SMILES string of the molecule is CC(=O)CCCCc1cccc(C#CC2(O)CCCCC2)c1.CC(=O)OC(C)=O.NCCCc1cccc(C#CC2(O)CCCCC2)c1. The zero-order chi connectivity index (χ0) is 35.3. The van der Waals surface area contributed by atoms with E-state index in [2.05, 4.69) is 52.7 Å². The number of hydrogen-bond donors (Lipinski definition) is 3. The van der Waals surface area contributed by atoms with Crippen molar-refractivity contribution in [2.45, 2.75) is 135 Å². The first-order chi connectivity index (χ1) is 22.9. The molecule has 0 saturated heterocycles. The number of ketones is 1. The van der Waals surface area contributed by atoms with Crippen LogP contribution < -0.4 is 5.73 Å². The molecule has 0 heterocycles. The molecular weight excluding hydrogens is 602 g/mol. The van der Waals surface area contributed by atoms with Gasteiger partial charge in [0, 0.05) is 31.4 Å². The maximum absolute atomic E-state index is 10.9. The molecule has 4 N–H and O–H groups in total. The smallest absolute Gasteiger partial charge is 0.310 e. The molecule has 0 atom stereocenters. The van der Waals surface area contributed by atoms with Gasteiger partial charge in [-0.3, -0.25) is 9.59 Å². The van der Waals surface area contributed by atoms with Crippen molar-refractivity contribution in [3.8, 4) is 23.7 Å². The van der Waals surface area contributed by atoms with Gasteiger partial charge in [0.15, 0.2) is 0 Å². The topological polar surface area (TPSA) is 127 Å². The van der Waals surface area contributed by atoms with E-state index >= 15 is 0 Å². The molecule has 7 nitrogen and oxygen atoms in total. The Labute approximate surface area is 288 Å². The van der Waals surface area contributed by atoms with E-state index in [0.29, 0.717) is 6.42 Å². The molecule has 0 unspecified atom stereocenters. The van der Waals surface area contributed by atoms with Gasteiger partial charge in [-0.05, 0) is 132 Å². The van der Waals surface area contributed by atoms with Crippen LogP contribution in [0.15, 0.2) is 48.5 Å². The number of rotatable bonds is 8. The molecule has 0 aromatic heterocycles. The molecule has 2 aromatic rings. The van der Waals surface area contributed by atoms with Gasteiger partial charge >= 0.3 is 11.9 Å². The maximum Gasteiger partial charge on any atom is 0.310 e. The highest BCUT2D eigenvalue weighted by molar-refractivity contribution is 5.82. The van der Waals surface area contributed by atoms with E-state index in [1.54, 1.807) is 6.92 Å². The van der Waals surface area contributed by atoms with Crippen LogP contribution >= 0.6 is 0 Å². The molecular formula is C41H55NO6. The average Bonchev–Trinajstić information content (AvgIpc) is 3.05. The summed E-state index contributed by atoms with van der Waals surface area (Å²) in [7, 11) is 0. The van der Waals surface area contributed by atoms with E-state index in [9.17, 15) is 24.6 Å². The van der Waals surface area contributed by atoms with Gasteiger partial charge in [-0.15, -0.1) is 0 Å². The van der Waals surface area contributed by atoms with E-state index < -0.39 is 23.1 Å². The van der Waals surface area contributed by atoms with Gasteiger partial charge in [0.05, 0.1) is 0 Å². The van der Waals surface area contributed by atoms with Crippen LogP contribution in [0.4, 0.5) is 0 Å². The minimum atomic E-state index is -0.782. The van der Waals surface area contributed by atoms with Crippen molar-refractivity contribution < 1.29 is 29.3 Å². The highest BCUT2D eigenvalue weighted by Gasteiger charge is 2.27. The molecule has 0 spiro atoms. The van der Waals surface area contributed by atoms with Crippen LogP contribution in [0.1, 0.15) is 133 Å². The van der Waals surface area contributed by atoms with Crippen molar-refractivity contribution in [3.05, 3.63) is 70.8 Å². The molecule has 0 aliphatic heterocycles. The Morgan fingerprint density at radius 1 is 0.688 bits per heavy atom. The number of benzene rings is 2. The van der Waals surface area contributed by atoms with Gasteiger partial charge in [-0.25, -0.2) is 0 Å². The second kappa shape index (κ2) is 22.0. The van der Waals surface area contributed by atoms with Crippen molar-refractivity contribution >= 4 is 17.7 Å². The molecule has 2 saturated carbocycles. The Balaban J connectivity index is 0.000000281. The van der Waals surface area contributed by atoms with Crippen molar-refractivity contribution in [2.75, 3.05) is 6.54 Å². The molecule has 2 aromatic carbocycles. The van der Waals surface area contributed by atoms with Gasteiger partial charge in [-0.2, -0.15) is 0 Å². The van der Waals surface area contributed by atoms with Crippen LogP contribution in [0.5, 0.6) is 0 Å². The van der Waals surface area contributed by atoms with E-state index in [0.717, 1.165) is 101 Å². The van der Waals surface area contributed by atoms with Crippen LogP contribution in [-0.4, -0.2) is 45.7 Å². The van der Waals surface area contributed by atoms with E-state index in [1.165, 1.54) is 37.8 Å². The third-order valence-electron chi connectivity index (χ3n) is 8.30. The Morgan fingerprint density at radius 3 is 1.50 bits per heavy atom. The second-order valence-corrected chi connectivity index (χ2v) is 13.0. The average molecular weight is 658 g/mol. The summed E-state index contributed by atoms with van der Waals surface area (Å²) in [5.74, 6) is 11.6. The standard InChI is InChI=1S/C20H26O2.C17H23NO.C4H6O3/c1-17(21)8-3-4-9-18-10-7-11-19(16-18)12-15-20(22)13-5-2-6-14-20;18-13-5-8-15-6-4-7-16(14-15)9-12-17(19)10-2-1-3-11-17;1-3(5)7-4(2)6/h7,10-11,16,22H,2-6,8-9,13-14H2,1H3;4,6-7,14,19H,1-3,5,8,10-11,13,18H2;1-2H3. The Bertz CT molecular complexity index is 1420. The summed E-state index contributed by atoms with van der Waals surface area (Å²) in [5.41, 5.74) is 8.48. The fourth-order valence-electron chi connectivity index (χ4n) is 5.72. The van der Waals surface area contributed by atoms with Crippen LogP contribution in [0.3, 0.4) is 0 Å². The lowest BCUT2D eigenvalue weighted by Gasteiger charge is -2.26. The Hall–Kier alpha value is -3.75. The maximum atomic E-state index is 10.9. The largest absolute Gasteiger partial charge is 0.394 e. The third kappa shape index (κ3) is 18.0. The Kier molecular flexibility index (Phi) is 18.5. The number of hydrogen-bond acceptors (Lipinski definition) is 7. The fraction of sp³-hybridized carbons (Fsp3) is 0.537. The summed E-state index contributed by atoms with van der Waals surface area (Å²) < 4.78 is 3.97. The molecule has 260 valence electrons. The summed E-state index contributed by atoms with van der Waals surface area (Å²) in [6.45, 7) is 4.73. The lowest BCUT2D eigenvalue weighted by Crippen LogP contribution is -2.29. The van der Waals surface area contributed by atoms with Crippen molar-refractivity contribution in [2.24, 2.45) is 5.73 Å². The Morgan fingerprint density at radius 2 is 1.12 bits per heavy atom. The first kappa shape index (κ1) is 40.4. The predicted octanol–water partition coefficient (Wildman–Crippen LogP) is 6.76. The summed E-state index contributed by atoms with van der Waals surface area (Å²) in [4.78, 5) is 30.6. The first-order valence-corrected chi connectivity index (χ1v) is 17.5. The minimum Gasteiger partial charge on any atom is -0.394 e. The molecule has 2 fully saturated rings. The molecule has 2 aliphatic rings. The predicted molar refractivity (Wildman–Crippen MR) is 191 cm³/mol. The summed E-state index contributed by atoms with van der Waals surface area (Å²) in [6.07, 6.45) is 15.6. The lowest BCUT2D eigenvalue weighted by atomic mass is 9.85. The summed E-state index contributed by atoms with van der Waals surface area (Å²) in [5, 5.41) is 20.8. The van der Waals surface area contributed by atoms with Crippen LogP contribution in [0, 0.1) is 23.7 Å². The summed E-state index contributed by atoms with van der Waals surface area (Å²) >= 11 is 0. The molecule has 2 aliphatic carbocycles.